The van der Waals surface area contributed by atoms with E-state index in [0.717, 1.165) is 19.6 Å². The lowest BCUT2D eigenvalue weighted by Gasteiger charge is -2.42. The Bertz CT molecular complexity index is 172. The van der Waals surface area contributed by atoms with Crippen molar-refractivity contribution in [2.75, 3.05) is 26.7 Å². The number of likely N-dealkylation sites (N-methyl/N-ethyl adjacent to an activating group) is 1. The van der Waals surface area contributed by atoms with Crippen molar-refractivity contribution in [2.45, 2.75) is 38.8 Å². The molecular formula is C10H20F2N2. The SMILES string of the molecule is CC(C)N1CCN(C)CC1CC(F)F. The van der Waals surface area contributed by atoms with Gasteiger partial charge >= 0.3 is 0 Å². The van der Waals surface area contributed by atoms with Crippen LogP contribution >= 0.6 is 0 Å². The van der Waals surface area contributed by atoms with Crippen LogP contribution in [0.15, 0.2) is 0 Å². The van der Waals surface area contributed by atoms with Crippen LogP contribution in [0.5, 0.6) is 0 Å². The topological polar surface area (TPSA) is 6.48 Å². The standard InChI is InChI=1S/C10H20F2N2/c1-8(2)14-5-4-13(3)7-9(14)6-10(11)12/h8-10H,4-7H2,1-3H3. The summed E-state index contributed by atoms with van der Waals surface area (Å²) < 4.78 is 24.7. The van der Waals surface area contributed by atoms with Crippen molar-refractivity contribution < 1.29 is 8.78 Å². The molecule has 1 rings (SSSR count). The molecule has 0 N–H and O–H groups in total. The van der Waals surface area contributed by atoms with Crippen LogP contribution in [0.3, 0.4) is 0 Å². The van der Waals surface area contributed by atoms with Gasteiger partial charge in [0, 0.05) is 38.1 Å². The highest BCUT2D eigenvalue weighted by atomic mass is 19.3. The monoisotopic (exact) mass is 206 g/mol. The Balaban J connectivity index is 2.54. The van der Waals surface area contributed by atoms with E-state index in [9.17, 15) is 8.78 Å². The maximum Gasteiger partial charge on any atom is 0.240 e. The molecule has 0 aromatic rings. The predicted molar refractivity (Wildman–Crippen MR) is 53.7 cm³/mol. The first-order valence-corrected chi connectivity index (χ1v) is 5.23. The van der Waals surface area contributed by atoms with Crippen LogP contribution in [0, 0.1) is 0 Å². The van der Waals surface area contributed by atoms with E-state index in [1.54, 1.807) is 0 Å². The van der Waals surface area contributed by atoms with Crippen molar-refractivity contribution in [2.24, 2.45) is 0 Å². The molecule has 1 heterocycles. The number of rotatable bonds is 3. The van der Waals surface area contributed by atoms with Crippen LogP contribution in [-0.2, 0) is 0 Å². The van der Waals surface area contributed by atoms with Crippen LogP contribution in [0.4, 0.5) is 8.78 Å². The molecule has 84 valence electrons. The van der Waals surface area contributed by atoms with Gasteiger partial charge in [-0.3, -0.25) is 4.90 Å². The van der Waals surface area contributed by atoms with Crippen LogP contribution in [0.25, 0.3) is 0 Å². The molecule has 2 nitrogen and oxygen atoms in total. The van der Waals surface area contributed by atoms with Gasteiger partial charge in [0.2, 0.25) is 6.43 Å². The highest BCUT2D eigenvalue weighted by Crippen LogP contribution is 2.18. The normalized spacial score (nSPS) is 26.4. The maximum absolute atomic E-state index is 12.3. The summed E-state index contributed by atoms with van der Waals surface area (Å²) in [5, 5.41) is 0. The van der Waals surface area contributed by atoms with Crippen molar-refractivity contribution in [3.63, 3.8) is 0 Å². The Morgan fingerprint density at radius 3 is 2.43 bits per heavy atom. The molecule has 1 fully saturated rings. The third kappa shape index (κ3) is 3.17. The maximum atomic E-state index is 12.3. The summed E-state index contributed by atoms with van der Waals surface area (Å²) in [4.78, 5) is 4.32. The van der Waals surface area contributed by atoms with E-state index in [-0.39, 0.29) is 12.5 Å². The van der Waals surface area contributed by atoms with Crippen molar-refractivity contribution in [1.29, 1.82) is 0 Å². The summed E-state index contributed by atoms with van der Waals surface area (Å²) in [5.41, 5.74) is 0. The Morgan fingerprint density at radius 1 is 1.29 bits per heavy atom. The van der Waals surface area contributed by atoms with Crippen LogP contribution in [-0.4, -0.2) is 55.0 Å². The van der Waals surface area contributed by atoms with Crippen molar-refractivity contribution in [1.82, 2.24) is 9.80 Å². The van der Waals surface area contributed by atoms with Gasteiger partial charge in [-0.15, -0.1) is 0 Å². The van der Waals surface area contributed by atoms with Crippen molar-refractivity contribution >= 4 is 0 Å². The molecular weight excluding hydrogens is 186 g/mol. The van der Waals surface area contributed by atoms with Gasteiger partial charge in [0.1, 0.15) is 0 Å². The van der Waals surface area contributed by atoms with Crippen LogP contribution < -0.4 is 0 Å². The second-order valence-corrected chi connectivity index (χ2v) is 4.37. The molecule has 0 saturated carbocycles. The van der Waals surface area contributed by atoms with Crippen LogP contribution in [0.1, 0.15) is 20.3 Å². The lowest BCUT2D eigenvalue weighted by molar-refractivity contribution is 0.0199. The quantitative estimate of drug-likeness (QED) is 0.693. The Hall–Kier alpha value is -0.220. The van der Waals surface area contributed by atoms with E-state index >= 15 is 0 Å². The van der Waals surface area contributed by atoms with Gasteiger partial charge in [0.25, 0.3) is 0 Å². The predicted octanol–water partition coefficient (Wildman–Crippen LogP) is 1.67. The number of alkyl halides is 2. The fourth-order valence-electron chi connectivity index (χ4n) is 2.12. The summed E-state index contributed by atoms with van der Waals surface area (Å²) in [6.07, 6.45) is -2.18. The molecule has 1 aliphatic rings. The van der Waals surface area contributed by atoms with Gasteiger partial charge in [0.15, 0.2) is 0 Å². The summed E-state index contributed by atoms with van der Waals surface area (Å²) in [5.74, 6) is 0. The zero-order valence-corrected chi connectivity index (χ0v) is 9.21. The highest BCUT2D eigenvalue weighted by Gasteiger charge is 2.29. The minimum Gasteiger partial charge on any atom is -0.304 e. The fourth-order valence-corrected chi connectivity index (χ4v) is 2.12. The Morgan fingerprint density at radius 2 is 1.93 bits per heavy atom. The molecule has 1 unspecified atom stereocenters. The van der Waals surface area contributed by atoms with Crippen molar-refractivity contribution in [3.8, 4) is 0 Å². The second-order valence-electron chi connectivity index (χ2n) is 4.37. The van der Waals surface area contributed by atoms with Gasteiger partial charge in [-0.2, -0.15) is 0 Å². The number of nitrogens with zero attached hydrogens (tertiary/aromatic N) is 2. The third-order valence-electron chi connectivity index (χ3n) is 2.84. The molecule has 1 atom stereocenters. The molecule has 1 aliphatic heterocycles. The molecule has 1 saturated heterocycles. The molecule has 0 aliphatic carbocycles. The van der Waals surface area contributed by atoms with Gasteiger partial charge in [-0.1, -0.05) is 0 Å². The minimum atomic E-state index is -2.19. The summed E-state index contributed by atoms with van der Waals surface area (Å²) in [6.45, 7) is 6.81. The smallest absolute Gasteiger partial charge is 0.240 e. The Labute approximate surface area is 84.9 Å². The lowest BCUT2D eigenvalue weighted by Crippen LogP contribution is -2.54. The van der Waals surface area contributed by atoms with E-state index < -0.39 is 6.43 Å². The van der Waals surface area contributed by atoms with E-state index in [0.29, 0.717) is 6.04 Å². The first kappa shape index (κ1) is 11.9. The van der Waals surface area contributed by atoms with Crippen LogP contribution in [0.2, 0.25) is 0 Å². The second kappa shape index (κ2) is 5.03. The van der Waals surface area contributed by atoms with Gasteiger partial charge in [0.05, 0.1) is 0 Å². The zero-order chi connectivity index (χ0) is 10.7. The number of hydrogen-bond acceptors (Lipinski definition) is 2. The first-order chi connectivity index (χ1) is 6.50. The zero-order valence-electron chi connectivity index (χ0n) is 9.21. The lowest BCUT2D eigenvalue weighted by atomic mass is 10.1. The van der Waals surface area contributed by atoms with E-state index in [4.69, 9.17) is 0 Å². The van der Waals surface area contributed by atoms with Gasteiger partial charge in [-0.05, 0) is 20.9 Å². The molecule has 0 bridgehead atoms. The highest BCUT2D eigenvalue weighted by molar-refractivity contribution is 4.83. The largest absolute Gasteiger partial charge is 0.304 e. The van der Waals surface area contributed by atoms with E-state index in [1.807, 2.05) is 7.05 Å². The average Bonchev–Trinajstić information content (AvgIpc) is 2.01. The number of piperazine rings is 1. The summed E-state index contributed by atoms with van der Waals surface area (Å²) >= 11 is 0. The number of hydrogen-bond donors (Lipinski definition) is 0. The molecule has 0 aromatic heterocycles. The Kier molecular flexibility index (Phi) is 4.26. The summed E-state index contributed by atoms with van der Waals surface area (Å²) in [7, 11) is 2.00. The molecule has 14 heavy (non-hydrogen) atoms. The van der Waals surface area contributed by atoms with Gasteiger partial charge in [-0.25, -0.2) is 8.78 Å². The number of halogens is 2. The van der Waals surface area contributed by atoms with E-state index in [2.05, 4.69) is 23.6 Å². The molecule has 4 heteroatoms. The van der Waals surface area contributed by atoms with E-state index in [1.165, 1.54) is 0 Å². The third-order valence-corrected chi connectivity index (χ3v) is 2.84. The average molecular weight is 206 g/mol. The van der Waals surface area contributed by atoms with Crippen molar-refractivity contribution in [3.05, 3.63) is 0 Å². The first-order valence-electron chi connectivity index (χ1n) is 5.23. The summed E-state index contributed by atoms with van der Waals surface area (Å²) in [6, 6.07) is 0.390. The fraction of sp³-hybridized carbons (Fsp3) is 1.00. The molecule has 0 aromatic carbocycles. The molecule has 0 amide bonds. The van der Waals surface area contributed by atoms with Gasteiger partial charge < -0.3 is 4.90 Å². The molecule has 0 radical (unpaired) electrons. The minimum absolute atomic E-state index is 0.00250. The molecule has 0 spiro atoms.